The van der Waals surface area contributed by atoms with Crippen molar-refractivity contribution >= 4 is 62.8 Å². The van der Waals surface area contributed by atoms with E-state index in [1.54, 1.807) is 0 Å². The average Bonchev–Trinajstić information content (AvgIpc) is 0.833. The van der Waals surface area contributed by atoms with Gasteiger partial charge in [0.05, 0.1) is 0 Å². The molecule has 0 aliphatic heterocycles. The van der Waals surface area contributed by atoms with Crippen molar-refractivity contribution < 1.29 is 59.5 Å². The van der Waals surface area contributed by atoms with E-state index < -0.39 is 20.8 Å². The van der Waals surface area contributed by atoms with Crippen molar-refractivity contribution in [2.24, 2.45) is 0 Å². The van der Waals surface area contributed by atoms with E-state index in [1.165, 1.54) is 208 Å². The van der Waals surface area contributed by atoms with E-state index in [2.05, 4.69) is 245 Å². The molecule has 0 radical (unpaired) electrons. The van der Waals surface area contributed by atoms with Gasteiger partial charge in [0.25, 0.3) is 0 Å². The summed E-state index contributed by atoms with van der Waals surface area (Å²) in [5, 5.41) is 26.6. The zero-order valence-corrected chi connectivity index (χ0v) is 73.3. The summed E-state index contributed by atoms with van der Waals surface area (Å²) in [5.41, 5.74) is 39.4. The number of unbranched alkanes of at least 4 members (excludes halogenated alkanes) is 3. The van der Waals surface area contributed by atoms with Crippen LogP contribution in [0.3, 0.4) is 0 Å². The molecule has 0 bridgehead atoms. The Morgan fingerprint density at radius 3 is 0.639 bits per heavy atom. The molecule has 0 spiro atoms. The van der Waals surface area contributed by atoms with Crippen molar-refractivity contribution in [1.82, 2.24) is 10.6 Å². The van der Waals surface area contributed by atoms with E-state index in [0.717, 1.165) is 69.0 Å². The Balaban J connectivity index is 0. The summed E-state index contributed by atoms with van der Waals surface area (Å²) in [7, 11) is 9.87. The van der Waals surface area contributed by atoms with Crippen LogP contribution in [0.15, 0.2) is 72.8 Å². The zero-order valence-electron chi connectivity index (χ0n) is 64.7. The van der Waals surface area contributed by atoms with E-state index in [4.69, 9.17) is 38.3 Å². The van der Waals surface area contributed by atoms with Crippen LogP contribution in [-0.2, 0) is 66.3 Å². The van der Waals surface area contributed by atoms with Crippen molar-refractivity contribution in [2.45, 2.75) is 217 Å². The molecule has 0 atom stereocenters. The van der Waals surface area contributed by atoms with E-state index in [0.29, 0.717) is 0 Å². The molecule has 0 heterocycles. The molecule has 0 aliphatic rings. The summed E-state index contributed by atoms with van der Waals surface area (Å²) in [6.45, 7) is 69.0. The smallest absolute Gasteiger partial charge is 2.00 e. The summed E-state index contributed by atoms with van der Waals surface area (Å²) in [4.78, 5) is 0. The minimum Gasteiger partial charge on any atom is 2.00 e. The van der Waals surface area contributed by atoms with Crippen molar-refractivity contribution in [3.05, 3.63) is 259 Å². The standard InChI is InChI=1S/2C26H39N3.3C11H15.3ClH.Mg.2Zr/c2*1-15-17(3)21(7)25(22(8)18(15)4)28-13-11-27-12-14-29-26-23(9)19(5)16(2)20(6)24(26)10;3*1-3-4-7-11-8-5-6-10(2)9-11;;;;;;/h2*27H,11-14H2,1-10H3;3*5-6,8-9H,2-4,7H2,1H3;3*1H;;;/q2*-2;3*-1;;;;+2;2*+4/p-3. The SMILES string of the molecule is Cc1c(C)c(C)c([N-]CCNCC[N-]c2c(C)c(C)c(C)c(C)c2C)c(C)c1C.Cc1c(C)c(C)c([N-]CCNCC[N-]c2c(C)c(C)c(C)c(C)c2C)c(C)c1C.[CH2-]c1cccc(CCCC)c1.[CH2-]c1cccc(CCCC)c1.[CH2-]c1cccc(CCCC)c1.[Cl-].[Cl][Zr+2][Cl].[Mg+2].[Zr+4]. The summed E-state index contributed by atoms with van der Waals surface area (Å²) in [5.74, 6) is 0. The molecular formula is C85H123Cl3MgN6Zr2. The Labute approximate surface area is 655 Å². The van der Waals surface area contributed by atoms with Crippen molar-refractivity contribution in [1.29, 1.82) is 0 Å². The fourth-order valence-corrected chi connectivity index (χ4v) is 11.6. The second-order valence-corrected chi connectivity index (χ2v) is 29.5. The van der Waals surface area contributed by atoms with Crippen LogP contribution in [0.2, 0.25) is 0 Å². The van der Waals surface area contributed by atoms with Crippen LogP contribution in [-0.4, -0.2) is 75.4 Å². The topological polar surface area (TPSA) is 80.5 Å². The number of aryl methyl sites for hydroxylation is 3. The monoisotopic (exact) mass is 1540 g/mol. The van der Waals surface area contributed by atoms with Crippen LogP contribution in [0.1, 0.15) is 204 Å². The molecule has 0 saturated heterocycles. The fourth-order valence-electron chi connectivity index (χ4n) is 11.6. The maximum absolute atomic E-state index is 4.93. The minimum atomic E-state index is -0.826. The molecule has 524 valence electrons. The van der Waals surface area contributed by atoms with Crippen LogP contribution in [0.4, 0.5) is 22.7 Å². The van der Waals surface area contributed by atoms with Gasteiger partial charge in [-0.15, -0.1) is 83.8 Å². The summed E-state index contributed by atoms with van der Waals surface area (Å²) in [6.07, 6.45) is 11.2. The first-order valence-corrected chi connectivity index (χ1v) is 41.0. The Morgan fingerprint density at radius 2 is 0.485 bits per heavy atom. The molecule has 0 saturated carbocycles. The van der Waals surface area contributed by atoms with Gasteiger partial charge in [-0.05, 0) is 251 Å². The molecule has 7 aromatic rings. The molecule has 0 aromatic heterocycles. The van der Waals surface area contributed by atoms with Gasteiger partial charge in [-0.25, -0.2) is 0 Å². The Kier molecular flexibility index (Phi) is 51.1. The maximum atomic E-state index is 4.93. The number of hydrogen-bond donors (Lipinski definition) is 2. The first kappa shape index (κ1) is 95.7. The van der Waals surface area contributed by atoms with Gasteiger partial charge < -0.3 is 44.3 Å². The largest absolute Gasteiger partial charge is 4.00 e. The first-order valence-electron chi connectivity index (χ1n) is 34.7. The van der Waals surface area contributed by atoms with Gasteiger partial charge in [0.1, 0.15) is 0 Å². The third kappa shape index (κ3) is 31.8. The minimum absolute atomic E-state index is 0. The van der Waals surface area contributed by atoms with Crippen LogP contribution >= 0.6 is 17.0 Å². The van der Waals surface area contributed by atoms with Gasteiger partial charge in [-0.1, -0.05) is 122 Å². The van der Waals surface area contributed by atoms with Crippen LogP contribution < -0.4 is 23.0 Å². The number of benzene rings is 7. The average molecular weight is 1540 g/mol. The summed E-state index contributed by atoms with van der Waals surface area (Å²) in [6, 6.07) is 25.3. The summed E-state index contributed by atoms with van der Waals surface area (Å²) >= 11 is -0.826. The van der Waals surface area contributed by atoms with Gasteiger partial charge in [0.15, 0.2) is 0 Å². The molecule has 0 fully saturated rings. The molecule has 0 amide bonds. The predicted octanol–water partition coefficient (Wildman–Crippen LogP) is 21.8. The second-order valence-electron chi connectivity index (χ2n) is 25.8. The van der Waals surface area contributed by atoms with E-state index in [1.807, 2.05) is 18.2 Å². The molecular weight excluding hydrogens is 1420 g/mol. The maximum Gasteiger partial charge on any atom is 4.00 e. The number of hydrogen-bond acceptors (Lipinski definition) is 2. The van der Waals surface area contributed by atoms with E-state index in [-0.39, 0.29) is 61.7 Å². The Hall–Kier alpha value is -3.33. The third-order valence-corrected chi connectivity index (χ3v) is 19.5. The van der Waals surface area contributed by atoms with Crippen LogP contribution in [0, 0.1) is 159 Å². The van der Waals surface area contributed by atoms with Gasteiger partial charge in [-0.2, -0.15) is 73.9 Å². The molecule has 0 aliphatic carbocycles. The molecule has 7 aromatic carbocycles. The van der Waals surface area contributed by atoms with Gasteiger partial charge >= 0.3 is 87.1 Å². The number of rotatable bonds is 25. The van der Waals surface area contributed by atoms with Crippen molar-refractivity contribution in [3.63, 3.8) is 0 Å². The first-order chi connectivity index (χ1) is 44.6. The number of nitrogens with one attached hydrogen (secondary N) is 2. The van der Waals surface area contributed by atoms with E-state index in [9.17, 15) is 0 Å². The molecule has 2 N–H and O–H groups in total. The quantitative estimate of drug-likeness (QED) is 0.0340. The molecule has 12 heteroatoms. The normalized spacial score (nSPS) is 10.1. The predicted molar refractivity (Wildman–Crippen MR) is 424 cm³/mol. The zero-order chi connectivity index (χ0) is 70.8. The molecule has 7 rings (SSSR count). The fraction of sp³-hybridized carbons (Fsp3) is 0.471. The van der Waals surface area contributed by atoms with Crippen LogP contribution in [0.5, 0.6) is 0 Å². The van der Waals surface area contributed by atoms with Gasteiger partial charge in [0.2, 0.25) is 0 Å². The molecule has 0 unspecified atom stereocenters. The third-order valence-electron chi connectivity index (χ3n) is 19.5. The van der Waals surface area contributed by atoms with Gasteiger partial charge in [0, 0.05) is 0 Å². The molecule has 6 nitrogen and oxygen atoms in total. The van der Waals surface area contributed by atoms with Crippen LogP contribution in [0.25, 0.3) is 21.3 Å². The summed E-state index contributed by atoms with van der Waals surface area (Å²) < 4.78 is 0. The van der Waals surface area contributed by atoms with Crippen molar-refractivity contribution in [3.8, 4) is 0 Å². The number of nitrogens with zero attached hydrogens (tertiary/aromatic N) is 4. The molecule has 97 heavy (non-hydrogen) atoms. The Morgan fingerprint density at radius 1 is 0.320 bits per heavy atom. The second kappa shape index (κ2) is 51.8. The Bertz CT molecular complexity index is 2900. The van der Waals surface area contributed by atoms with E-state index >= 15 is 0 Å². The van der Waals surface area contributed by atoms with Gasteiger partial charge in [-0.3, -0.25) is 0 Å². The number of halogens is 3. The van der Waals surface area contributed by atoms with Crippen molar-refractivity contribution in [2.75, 3.05) is 52.4 Å².